The van der Waals surface area contributed by atoms with Gasteiger partial charge in [0.1, 0.15) is 4.88 Å². The summed E-state index contributed by atoms with van der Waals surface area (Å²) in [5.41, 5.74) is 1.80. The number of aryl methyl sites for hydroxylation is 1. The second-order valence-electron chi connectivity index (χ2n) is 4.91. The summed E-state index contributed by atoms with van der Waals surface area (Å²) in [5, 5.41) is 3.71. The number of hydrogen-bond donors (Lipinski definition) is 1. The predicted octanol–water partition coefficient (Wildman–Crippen LogP) is 2.99. The van der Waals surface area contributed by atoms with Crippen molar-refractivity contribution in [2.45, 2.75) is 13.3 Å². The van der Waals surface area contributed by atoms with Gasteiger partial charge in [-0.3, -0.25) is 4.79 Å². The monoisotopic (exact) mass is 319 g/mol. The van der Waals surface area contributed by atoms with Crippen molar-refractivity contribution in [1.82, 2.24) is 10.3 Å². The lowest BCUT2D eigenvalue weighted by Crippen LogP contribution is -2.25. The van der Waals surface area contributed by atoms with Crippen LogP contribution in [-0.2, 0) is 4.74 Å². The zero-order chi connectivity index (χ0) is 15.9. The lowest BCUT2D eigenvalue weighted by atomic mass is 10.3. The molecule has 0 aliphatic carbocycles. The molecule has 0 aliphatic heterocycles. The van der Waals surface area contributed by atoms with Gasteiger partial charge in [0, 0.05) is 33.0 Å². The number of nitrogens with zero attached hydrogens (tertiary/aromatic N) is 2. The van der Waals surface area contributed by atoms with Crippen LogP contribution in [0.1, 0.15) is 21.8 Å². The van der Waals surface area contributed by atoms with Crippen molar-refractivity contribution in [2.75, 3.05) is 32.2 Å². The van der Waals surface area contributed by atoms with Gasteiger partial charge in [0.25, 0.3) is 5.91 Å². The highest BCUT2D eigenvalue weighted by Gasteiger charge is 2.17. The molecule has 0 radical (unpaired) electrons. The van der Waals surface area contributed by atoms with E-state index in [-0.39, 0.29) is 5.91 Å². The second-order valence-corrected chi connectivity index (χ2v) is 5.89. The van der Waals surface area contributed by atoms with Gasteiger partial charge in [-0.05, 0) is 25.5 Å². The van der Waals surface area contributed by atoms with Gasteiger partial charge in [0.05, 0.1) is 5.69 Å². The Bertz CT molecular complexity index is 613. The molecule has 1 aromatic heterocycles. The van der Waals surface area contributed by atoms with E-state index in [1.54, 1.807) is 7.11 Å². The molecule has 0 saturated carbocycles. The third-order valence-electron chi connectivity index (χ3n) is 3.23. The van der Waals surface area contributed by atoms with Crippen molar-refractivity contribution in [2.24, 2.45) is 0 Å². The zero-order valence-electron chi connectivity index (χ0n) is 13.1. The van der Waals surface area contributed by atoms with E-state index in [9.17, 15) is 4.79 Å². The number of aromatic nitrogens is 1. The maximum absolute atomic E-state index is 12.2. The van der Waals surface area contributed by atoms with E-state index < -0.39 is 0 Å². The van der Waals surface area contributed by atoms with Crippen LogP contribution in [0.2, 0.25) is 0 Å². The predicted molar refractivity (Wildman–Crippen MR) is 90.2 cm³/mol. The van der Waals surface area contributed by atoms with E-state index in [0.29, 0.717) is 18.0 Å². The smallest absolute Gasteiger partial charge is 0.263 e. The van der Waals surface area contributed by atoms with Crippen molar-refractivity contribution >= 4 is 28.1 Å². The average Bonchev–Trinajstić information content (AvgIpc) is 2.93. The largest absolute Gasteiger partial charge is 0.385 e. The van der Waals surface area contributed by atoms with Crippen LogP contribution in [0.4, 0.5) is 10.8 Å². The van der Waals surface area contributed by atoms with Gasteiger partial charge in [0.2, 0.25) is 0 Å². The topological polar surface area (TPSA) is 54.5 Å². The van der Waals surface area contributed by atoms with E-state index in [4.69, 9.17) is 4.74 Å². The maximum Gasteiger partial charge on any atom is 0.263 e. The first-order valence-corrected chi connectivity index (χ1v) is 7.98. The van der Waals surface area contributed by atoms with Gasteiger partial charge in [-0.2, -0.15) is 0 Å². The highest BCUT2D eigenvalue weighted by Crippen LogP contribution is 2.30. The van der Waals surface area contributed by atoms with Gasteiger partial charge in [-0.25, -0.2) is 4.98 Å². The van der Waals surface area contributed by atoms with E-state index in [1.165, 1.54) is 11.3 Å². The molecule has 2 aromatic rings. The number of carbonyl (C=O) groups is 1. The van der Waals surface area contributed by atoms with Crippen molar-refractivity contribution in [3.05, 3.63) is 40.9 Å². The molecule has 0 fully saturated rings. The fraction of sp³-hybridized carbons (Fsp3) is 0.375. The number of nitrogens with one attached hydrogen (secondary N) is 1. The molecule has 0 bridgehead atoms. The molecular weight excluding hydrogens is 298 g/mol. The minimum absolute atomic E-state index is 0.0705. The minimum atomic E-state index is -0.0705. The number of rotatable bonds is 7. The normalized spacial score (nSPS) is 10.5. The summed E-state index contributed by atoms with van der Waals surface area (Å²) in [5.74, 6) is -0.0705. The molecule has 6 heteroatoms. The third kappa shape index (κ3) is 4.05. The Hall–Kier alpha value is -1.92. The van der Waals surface area contributed by atoms with Gasteiger partial charge in [0.15, 0.2) is 5.13 Å². The van der Waals surface area contributed by atoms with Gasteiger partial charge in [-0.15, -0.1) is 0 Å². The van der Waals surface area contributed by atoms with Crippen LogP contribution < -0.4 is 10.2 Å². The molecule has 0 aliphatic rings. The lowest BCUT2D eigenvalue weighted by Gasteiger charge is -2.15. The first-order valence-electron chi connectivity index (χ1n) is 7.17. The molecule has 118 valence electrons. The standard InChI is InChI=1S/C16H21N3O2S/c1-12-14(15(20)17-10-7-11-21-3)22-16(18-12)19(2)13-8-5-4-6-9-13/h4-6,8-9H,7,10-11H2,1-3H3,(H,17,20). The number of para-hydroxylation sites is 1. The van der Waals surface area contributed by atoms with Crippen LogP contribution >= 0.6 is 11.3 Å². The summed E-state index contributed by atoms with van der Waals surface area (Å²) in [4.78, 5) is 19.4. The van der Waals surface area contributed by atoms with E-state index in [2.05, 4.69) is 10.3 Å². The molecule has 0 atom stereocenters. The number of thiazole rings is 1. The molecular formula is C16H21N3O2S. The molecule has 0 unspecified atom stereocenters. The van der Waals surface area contributed by atoms with Gasteiger partial charge < -0.3 is 15.0 Å². The van der Waals surface area contributed by atoms with E-state index in [0.717, 1.165) is 22.9 Å². The van der Waals surface area contributed by atoms with Crippen molar-refractivity contribution in [1.29, 1.82) is 0 Å². The van der Waals surface area contributed by atoms with Crippen LogP contribution in [0.3, 0.4) is 0 Å². The molecule has 2 rings (SSSR count). The summed E-state index contributed by atoms with van der Waals surface area (Å²) >= 11 is 1.41. The molecule has 5 nitrogen and oxygen atoms in total. The number of carbonyl (C=O) groups excluding carboxylic acids is 1. The molecule has 0 saturated heterocycles. The van der Waals surface area contributed by atoms with Crippen molar-refractivity contribution in [3.63, 3.8) is 0 Å². The Morgan fingerprint density at radius 1 is 1.36 bits per heavy atom. The Morgan fingerprint density at radius 3 is 2.77 bits per heavy atom. The SMILES string of the molecule is COCCCNC(=O)c1sc(N(C)c2ccccc2)nc1C. The number of ether oxygens (including phenoxy) is 1. The van der Waals surface area contributed by atoms with Crippen LogP contribution in [0.15, 0.2) is 30.3 Å². The van der Waals surface area contributed by atoms with Crippen LogP contribution in [0.5, 0.6) is 0 Å². The first kappa shape index (κ1) is 16.5. The van der Waals surface area contributed by atoms with Gasteiger partial charge >= 0.3 is 0 Å². The highest BCUT2D eigenvalue weighted by molar-refractivity contribution is 7.17. The number of methoxy groups -OCH3 is 1. The quantitative estimate of drug-likeness (QED) is 0.797. The molecule has 1 aromatic carbocycles. The van der Waals surface area contributed by atoms with Gasteiger partial charge in [-0.1, -0.05) is 29.5 Å². The zero-order valence-corrected chi connectivity index (χ0v) is 13.9. The maximum atomic E-state index is 12.2. The minimum Gasteiger partial charge on any atom is -0.385 e. The van der Waals surface area contributed by atoms with Crippen molar-refractivity contribution < 1.29 is 9.53 Å². The van der Waals surface area contributed by atoms with E-state index in [1.807, 2.05) is 49.2 Å². The summed E-state index contributed by atoms with van der Waals surface area (Å²) in [6.07, 6.45) is 0.802. The second kappa shape index (κ2) is 7.91. The summed E-state index contributed by atoms with van der Waals surface area (Å²) in [6.45, 7) is 3.11. The molecule has 1 amide bonds. The Morgan fingerprint density at radius 2 is 2.09 bits per heavy atom. The number of anilines is 2. The summed E-state index contributed by atoms with van der Waals surface area (Å²) in [6, 6.07) is 9.97. The third-order valence-corrected chi connectivity index (χ3v) is 4.47. The fourth-order valence-electron chi connectivity index (χ4n) is 2.00. The number of hydrogen-bond acceptors (Lipinski definition) is 5. The number of amides is 1. The Balaban J connectivity index is 2.06. The molecule has 0 spiro atoms. The summed E-state index contributed by atoms with van der Waals surface area (Å²) < 4.78 is 4.97. The molecule has 1 N–H and O–H groups in total. The van der Waals surface area contributed by atoms with Crippen LogP contribution in [0.25, 0.3) is 0 Å². The lowest BCUT2D eigenvalue weighted by molar-refractivity contribution is 0.0952. The highest BCUT2D eigenvalue weighted by atomic mass is 32.1. The molecule has 1 heterocycles. The average molecular weight is 319 g/mol. The number of benzene rings is 1. The van der Waals surface area contributed by atoms with Crippen LogP contribution in [-0.4, -0.2) is 38.2 Å². The summed E-state index contributed by atoms with van der Waals surface area (Å²) in [7, 11) is 3.61. The Labute approximate surface area is 134 Å². The van der Waals surface area contributed by atoms with E-state index >= 15 is 0 Å². The van der Waals surface area contributed by atoms with Crippen molar-refractivity contribution in [3.8, 4) is 0 Å². The van der Waals surface area contributed by atoms with Crippen LogP contribution in [0, 0.1) is 6.92 Å². The first-order chi connectivity index (χ1) is 10.6. The Kier molecular flexibility index (Phi) is 5.91. The fourth-order valence-corrected chi connectivity index (χ4v) is 2.96. The molecule has 22 heavy (non-hydrogen) atoms.